The van der Waals surface area contributed by atoms with E-state index in [0.29, 0.717) is 18.8 Å². The second-order valence-corrected chi connectivity index (χ2v) is 5.02. The zero-order chi connectivity index (χ0) is 15.1. The molecule has 1 amide bonds. The SMILES string of the molecule is CCCn1cccc1C(=O)N(CCO)Cc1ccccc1. The van der Waals surface area contributed by atoms with Crippen molar-refractivity contribution in [2.45, 2.75) is 26.4 Å². The minimum atomic E-state index is -0.0358. The van der Waals surface area contributed by atoms with Crippen molar-refractivity contribution in [2.75, 3.05) is 13.2 Å². The minimum absolute atomic E-state index is 0.0347. The molecular formula is C17H22N2O2. The van der Waals surface area contributed by atoms with Crippen LogP contribution < -0.4 is 0 Å². The summed E-state index contributed by atoms with van der Waals surface area (Å²) in [7, 11) is 0. The maximum atomic E-state index is 12.7. The fourth-order valence-electron chi connectivity index (χ4n) is 2.38. The standard InChI is InChI=1S/C17H22N2O2/c1-2-10-18-11-6-9-16(18)17(21)19(12-13-20)14-15-7-4-3-5-8-15/h3-9,11,20H,2,10,12-14H2,1H3. The molecule has 2 rings (SSSR count). The van der Waals surface area contributed by atoms with Crippen molar-refractivity contribution in [2.24, 2.45) is 0 Å². The summed E-state index contributed by atoms with van der Waals surface area (Å²) in [5.41, 5.74) is 1.74. The van der Waals surface area contributed by atoms with Crippen molar-refractivity contribution in [1.29, 1.82) is 0 Å². The van der Waals surface area contributed by atoms with Crippen molar-refractivity contribution in [3.05, 3.63) is 59.9 Å². The summed E-state index contributed by atoms with van der Waals surface area (Å²) in [6, 6.07) is 13.6. The highest BCUT2D eigenvalue weighted by Crippen LogP contribution is 2.11. The van der Waals surface area contributed by atoms with Crippen LogP contribution in [0, 0.1) is 0 Å². The van der Waals surface area contributed by atoms with Gasteiger partial charge in [-0.15, -0.1) is 0 Å². The number of aliphatic hydroxyl groups is 1. The van der Waals surface area contributed by atoms with Crippen LogP contribution in [0.3, 0.4) is 0 Å². The second kappa shape index (κ2) is 7.64. The van der Waals surface area contributed by atoms with Gasteiger partial charge < -0.3 is 14.6 Å². The van der Waals surface area contributed by atoms with Crippen LogP contribution in [0.1, 0.15) is 29.4 Å². The third-order valence-corrected chi connectivity index (χ3v) is 3.39. The monoisotopic (exact) mass is 286 g/mol. The van der Waals surface area contributed by atoms with Gasteiger partial charge in [0.1, 0.15) is 5.69 Å². The zero-order valence-corrected chi connectivity index (χ0v) is 12.4. The quantitative estimate of drug-likeness (QED) is 0.850. The topological polar surface area (TPSA) is 45.5 Å². The number of rotatable bonds is 7. The van der Waals surface area contributed by atoms with Gasteiger partial charge in [-0.1, -0.05) is 37.3 Å². The number of carbonyl (C=O) groups excluding carboxylic acids is 1. The molecule has 2 aromatic rings. The van der Waals surface area contributed by atoms with Crippen LogP contribution in [0.5, 0.6) is 0 Å². The van der Waals surface area contributed by atoms with E-state index in [1.54, 1.807) is 4.90 Å². The van der Waals surface area contributed by atoms with Gasteiger partial charge in [0.05, 0.1) is 6.61 Å². The molecule has 0 aliphatic heterocycles. The Balaban J connectivity index is 2.17. The molecule has 0 aliphatic rings. The number of aryl methyl sites for hydroxylation is 1. The van der Waals surface area contributed by atoms with Crippen LogP contribution in [0.15, 0.2) is 48.7 Å². The van der Waals surface area contributed by atoms with Gasteiger partial charge in [0.25, 0.3) is 5.91 Å². The summed E-state index contributed by atoms with van der Waals surface area (Å²) in [4.78, 5) is 14.4. The largest absolute Gasteiger partial charge is 0.395 e. The van der Waals surface area contributed by atoms with E-state index < -0.39 is 0 Å². The fraction of sp³-hybridized carbons (Fsp3) is 0.353. The van der Waals surface area contributed by atoms with Gasteiger partial charge in [-0.2, -0.15) is 0 Å². The Morgan fingerprint density at radius 3 is 2.62 bits per heavy atom. The number of benzene rings is 1. The van der Waals surface area contributed by atoms with Gasteiger partial charge in [0.2, 0.25) is 0 Å². The summed E-state index contributed by atoms with van der Waals surface area (Å²) in [6.07, 6.45) is 2.91. The molecule has 0 unspecified atom stereocenters. The van der Waals surface area contributed by atoms with Crippen LogP contribution >= 0.6 is 0 Å². The molecule has 4 heteroatoms. The Morgan fingerprint density at radius 1 is 1.19 bits per heavy atom. The molecule has 1 aromatic carbocycles. The van der Waals surface area contributed by atoms with E-state index in [4.69, 9.17) is 0 Å². The number of amides is 1. The number of hydrogen-bond donors (Lipinski definition) is 1. The molecule has 0 spiro atoms. The van der Waals surface area contributed by atoms with Gasteiger partial charge in [-0.3, -0.25) is 4.79 Å². The zero-order valence-electron chi connectivity index (χ0n) is 12.4. The predicted octanol–water partition coefficient (Wildman–Crippen LogP) is 2.53. The van der Waals surface area contributed by atoms with Crippen molar-refractivity contribution in [1.82, 2.24) is 9.47 Å². The Labute approximate surface area is 125 Å². The lowest BCUT2D eigenvalue weighted by atomic mass is 10.2. The maximum Gasteiger partial charge on any atom is 0.270 e. The average Bonchev–Trinajstić information content (AvgIpc) is 2.96. The Morgan fingerprint density at radius 2 is 1.95 bits per heavy atom. The molecule has 1 N–H and O–H groups in total. The van der Waals surface area contributed by atoms with E-state index in [1.807, 2.05) is 53.2 Å². The summed E-state index contributed by atoms with van der Waals surface area (Å²) in [5.74, 6) is -0.0358. The third kappa shape index (κ3) is 3.95. The number of aliphatic hydroxyl groups excluding tert-OH is 1. The second-order valence-electron chi connectivity index (χ2n) is 5.02. The Kier molecular flexibility index (Phi) is 5.58. The van der Waals surface area contributed by atoms with Crippen LogP contribution in [0.4, 0.5) is 0 Å². The van der Waals surface area contributed by atoms with Gasteiger partial charge in [-0.25, -0.2) is 0 Å². The summed E-state index contributed by atoms with van der Waals surface area (Å²) >= 11 is 0. The minimum Gasteiger partial charge on any atom is -0.395 e. The highest BCUT2D eigenvalue weighted by molar-refractivity contribution is 5.92. The molecule has 21 heavy (non-hydrogen) atoms. The molecule has 0 saturated heterocycles. The molecule has 1 heterocycles. The molecule has 0 fully saturated rings. The van der Waals surface area contributed by atoms with Gasteiger partial charge in [0.15, 0.2) is 0 Å². The first-order valence-corrected chi connectivity index (χ1v) is 7.35. The fourth-order valence-corrected chi connectivity index (χ4v) is 2.38. The first kappa shape index (κ1) is 15.3. The molecule has 0 radical (unpaired) electrons. The highest BCUT2D eigenvalue weighted by atomic mass is 16.3. The summed E-state index contributed by atoms with van der Waals surface area (Å²) in [5, 5.41) is 9.23. The predicted molar refractivity (Wildman–Crippen MR) is 83.0 cm³/mol. The average molecular weight is 286 g/mol. The lowest BCUT2D eigenvalue weighted by molar-refractivity contribution is 0.0697. The van der Waals surface area contributed by atoms with Crippen LogP contribution in [-0.4, -0.2) is 33.6 Å². The van der Waals surface area contributed by atoms with E-state index in [0.717, 1.165) is 18.5 Å². The van der Waals surface area contributed by atoms with Crippen molar-refractivity contribution in [3.63, 3.8) is 0 Å². The van der Waals surface area contributed by atoms with Gasteiger partial charge in [-0.05, 0) is 24.1 Å². The van der Waals surface area contributed by atoms with E-state index in [9.17, 15) is 9.90 Å². The molecular weight excluding hydrogens is 264 g/mol. The smallest absolute Gasteiger partial charge is 0.270 e. The van der Waals surface area contributed by atoms with Crippen molar-refractivity contribution in [3.8, 4) is 0 Å². The van der Waals surface area contributed by atoms with Crippen molar-refractivity contribution < 1.29 is 9.90 Å². The number of hydrogen-bond acceptors (Lipinski definition) is 2. The van der Waals surface area contributed by atoms with E-state index in [-0.39, 0.29) is 12.5 Å². The highest BCUT2D eigenvalue weighted by Gasteiger charge is 2.18. The van der Waals surface area contributed by atoms with E-state index in [2.05, 4.69) is 6.92 Å². The number of nitrogens with zero attached hydrogens (tertiary/aromatic N) is 2. The first-order valence-electron chi connectivity index (χ1n) is 7.35. The molecule has 0 atom stereocenters. The van der Waals surface area contributed by atoms with Crippen LogP contribution in [-0.2, 0) is 13.1 Å². The molecule has 0 bridgehead atoms. The number of aromatic nitrogens is 1. The number of carbonyl (C=O) groups is 1. The van der Waals surface area contributed by atoms with Crippen LogP contribution in [0.25, 0.3) is 0 Å². The first-order chi connectivity index (χ1) is 10.3. The Hall–Kier alpha value is -2.07. The van der Waals surface area contributed by atoms with E-state index in [1.165, 1.54) is 0 Å². The van der Waals surface area contributed by atoms with Gasteiger partial charge >= 0.3 is 0 Å². The molecule has 4 nitrogen and oxygen atoms in total. The molecule has 1 aromatic heterocycles. The third-order valence-electron chi connectivity index (χ3n) is 3.39. The van der Waals surface area contributed by atoms with Crippen LogP contribution in [0.2, 0.25) is 0 Å². The lowest BCUT2D eigenvalue weighted by Crippen LogP contribution is -2.34. The van der Waals surface area contributed by atoms with Crippen molar-refractivity contribution >= 4 is 5.91 Å². The lowest BCUT2D eigenvalue weighted by Gasteiger charge is -2.22. The van der Waals surface area contributed by atoms with Gasteiger partial charge in [0, 0.05) is 25.8 Å². The maximum absolute atomic E-state index is 12.7. The normalized spacial score (nSPS) is 10.6. The molecule has 0 saturated carbocycles. The summed E-state index contributed by atoms with van der Waals surface area (Å²) < 4.78 is 1.97. The Bertz CT molecular complexity index is 563. The molecule has 0 aliphatic carbocycles. The molecule has 112 valence electrons. The summed E-state index contributed by atoms with van der Waals surface area (Å²) in [6.45, 7) is 3.73. The van der Waals surface area contributed by atoms with E-state index >= 15 is 0 Å².